The summed E-state index contributed by atoms with van der Waals surface area (Å²) in [6.07, 6.45) is -0.249. The van der Waals surface area contributed by atoms with Gasteiger partial charge in [0.25, 0.3) is 5.56 Å². The average molecular weight is 399 g/mol. The molecule has 1 amide bonds. The number of carbonyl (C=O) groups is 1. The third-order valence-electron chi connectivity index (χ3n) is 4.99. The molecular weight excluding hydrogens is 376 g/mol. The summed E-state index contributed by atoms with van der Waals surface area (Å²) in [6.45, 7) is 5.75. The lowest BCUT2D eigenvalue weighted by Crippen LogP contribution is -3.13. The molecule has 0 atom stereocenters. The minimum Gasteiger partial charge on any atom is -0.450 e. The van der Waals surface area contributed by atoms with Gasteiger partial charge in [0.05, 0.1) is 38.2 Å². The Bertz CT molecular complexity index is 1020. The van der Waals surface area contributed by atoms with Gasteiger partial charge in [-0.2, -0.15) is 0 Å². The van der Waals surface area contributed by atoms with E-state index in [1.54, 1.807) is 4.90 Å². The number of amides is 1. The Hall–Kier alpha value is -2.71. The molecule has 0 spiro atoms. The van der Waals surface area contributed by atoms with Crippen molar-refractivity contribution in [2.24, 2.45) is 0 Å². The zero-order chi connectivity index (χ0) is 19.5. The summed E-state index contributed by atoms with van der Waals surface area (Å²) >= 11 is 1.50. The summed E-state index contributed by atoms with van der Waals surface area (Å²) in [5.74, 6) is 0.693. The molecule has 0 bridgehead atoms. The van der Waals surface area contributed by atoms with Crippen LogP contribution < -0.4 is 10.5 Å². The maximum absolute atomic E-state index is 12.7. The van der Waals surface area contributed by atoms with Crippen LogP contribution in [0.4, 0.5) is 4.79 Å². The molecular formula is C20H23N4O3S+. The van der Waals surface area contributed by atoms with Crippen molar-refractivity contribution in [1.29, 1.82) is 0 Å². The van der Waals surface area contributed by atoms with Crippen LogP contribution in [0.5, 0.6) is 0 Å². The van der Waals surface area contributed by atoms with Gasteiger partial charge in [0, 0.05) is 10.9 Å². The molecule has 2 N–H and O–H groups in total. The minimum atomic E-state index is -0.249. The number of ether oxygens (including phenoxy) is 1. The Kier molecular flexibility index (Phi) is 5.40. The number of nitrogens with one attached hydrogen (secondary N) is 2. The lowest BCUT2D eigenvalue weighted by Gasteiger charge is -2.31. The maximum Gasteiger partial charge on any atom is 0.410 e. The van der Waals surface area contributed by atoms with Crippen LogP contribution in [-0.4, -0.2) is 53.7 Å². The van der Waals surface area contributed by atoms with Gasteiger partial charge in [0.1, 0.15) is 11.4 Å². The Morgan fingerprint density at radius 3 is 2.75 bits per heavy atom. The number of nitrogens with zero attached hydrogens (tertiary/aromatic N) is 2. The zero-order valence-electron chi connectivity index (χ0n) is 15.7. The van der Waals surface area contributed by atoms with Gasteiger partial charge in [0.15, 0.2) is 5.82 Å². The van der Waals surface area contributed by atoms with Gasteiger partial charge in [-0.25, -0.2) is 9.78 Å². The zero-order valence-corrected chi connectivity index (χ0v) is 16.6. The monoisotopic (exact) mass is 399 g/mol. The molecule has 1 fully saturated rings. The highest BCUT2D eigenvalue weighted by Crippen LogP contribution is 2.30. The molecule has 4 rings (SSSR count). The molecule has 28 heavy (non-hydrogen) atoms. The number of piperazine rings is 1. The molecule has 1 aliphatic rings. The smallest absolute Gasteiger partial charge is 0.410 e. The number of carbonyl (C=O) groups excluding carboxylic acids is 1. The molecule has 146 valence electrons. The number of hydrogen-bond acceptors (Lipinski definition) is 5. The quantitative estimate of drug-likeness (QED) is 0.697. The lowest BCUT2D eigenvalue weighted by atomic mass is 10.1. The fraction of sp³-hybridized carbons (Fsp3) is 0.350. The second-order valence-electron chi connectivity index (χ2n) is 6.82. The lowest BCUT2D eigenvalue weighted by molar-refractivity contribution is -0.918. The third-order valence-corrected chi connectivity index (χ3v) is 5.86. The van der Waals surface area contributed by atoms with E-state index in [-0.39, 0.29) is 11.7 Å². The van der Waals surface area contributed by atoms with Gasteiger partial charge in [-0.3, -0.25) is 9.69 Å². The van der Waals surface area contributed by atoms with Crippen LogP contribution in [0.3, 0.4) is 0 Å². The maximum atomic E-state index is 12.7. The average Bonchev–Trinajstić information content (AvgIpc) is 3.14. The Labute approximate surface area is 166 Å². The fourth-order valence-corrected chi connectivity index (χ4v) is 4.51. The molecule has 1 aromatic carbocycles. The first-order chi connectivity index (χ1) is 13.7. The van der Waals surface area contributed by atoms with E-state index >= 15 is 0 Å². The number of rotatable bonds is 4. The third kappa shape index (κ3) is 3.79. The van der Waals surface area contributed by atoms with Crippen molar-refractivity contribution in [2.75, 3.05) is 32.8 Å². The van der Waals surface area contributed by atoms with E-state index in [1.807, 2.05) is 42.6 Å². The summed E-state index contributed by atoms with van der Waals surface area (Å²) in [5.41, 5.74) is 1.86. The van der Waals surface area contributed by atoms with Crippen molar-refractivity contribution < 1.29 is 14.4 Å². The highest BCUT2D eigenvalue weighted by Gasteiger charge is 2.25. The Balaban J connectivity index is 1.49. The van der Waals surface area contributed by atoms with Crippen LogP contribution in [0, 0.1) is 0 Å². The molecule has 1 aliphatic heterocycles. The normalized spacial score (nSPS) is 15.1. The summed E-state index contributed by atoms with van der Waals surface area (Å²) in [4.78, 5) is 36.0. The van der Waals surface area contributed by atoms with E-state index < -0.39 is 0 Å². The first kappa shape index (κ1) is 18.6. The van der Waals surface area contributed by atoms with Crippen molar-refractivity contribution in [1.82, 2.24) is 14.9 Å². The Morgan fingerprint density at radius 2 is 2.04 bits per heavy atom. The second kappa shape index (κ2) is 8.12. The first-order valence-electron chi connectivity index (χ1n) is 9.46. The predicted molar refractivity (Wildman–Crippen MR) is 109 cm³/mol. The van der Waals surface area contributed by atoms with E-state index in [1.165, 1.54) is 16.2 Å². The summed E-state index contributed by atoms with van der Waals surface area (Å²) in [5, 5.41) is 2.65. The van der Waals surface area contributed by atoms with Gasteiger partial charge in [-0.05, 0) is 12.5 Å². The van der Waals surface area contributed by atoms with Gasteiger partial charge >= 0.3 is 6.09 Å². The van der Waals surface area contributed by atoms with Gasteiger partial charge < -0.3 is 14.6 Å². The number of aromatic nitrogens is 2. The first-order valence-corrected chi connectivity index (χ1v) is 10.3. The van der Waals surface area contributed by atoms with Crippen LogP contribution >= 0.6 is 11.3 Å². The molecule has 1 saturated heterocycles. The molecule has 8 heteroatoms. The largest absolute Gasteiger partial charge is 0.450 e. The molecule has 0 saturated carbocycles. The summed E-state index contributed by atoms with van der Waals surface area (Å²) in [7, 11) is 0. The predicted octanol–water partition coefficient (Wildman–Crippen LogP) is 1.51. The summed E-state index contributed by atoms with van der Waals surface area (Å²) in [6, 6.07) is 9.90. The molecule has 3 aromatic rings. The number of thiophene rings is 1. The fourth-order valence-electron chi connectivity index (χ4n) is 3.54. The molecule has 3 heterocycles. The van der Waals surface area contributed by atoms with Gasteiger partial charge in [0.2, 0.25) is 0 Å². The SMILES string of the molecule is CCOC(=O)N1CC[NH+](Cc2nc3scc(-c4ccccc4)c3c(=O)[nH]2)CC1. The van der Waals surface area contributed by atoms with Crippen molar-refractivity contribution in [3.05, 3.63) is 51.9 Å². The van der Waals surface area contributed by atoms with E-state index in [2.05, 4.69) is 4.98 Å². The van der Waals surface area contributed by atoms with Gasteiger partial charge in [-0.15, -0.1) is 11.3 Å². The highest BCUT2D eigenvalue weighted by molar-refractivity contribution is 7.17. The van der Waals surface area contributed by atoms with Crippen LogP contribution in [0.2, 0.25) is 0 Å². The second-order valence-corrected chi connectivity index (χ2v) is 7.68. The minimum absolute atomic E-state index is 0.0929. The van der Waals surface area contributed by atoms with Crippen molar-refractivity contribution in [2.45, 2.75) is 13.5 Å². The number of H-pyrrole nitrogens is 1. The number of aromatic amines is 1. The van der Waals surface area contributed by atoms with Crippen LogP contribution in [0.1, 0.15) is 12.7 Å². The van der Waals surface area contributed by atoms with E-state index in [4.69, 9.17) is 9.72 Å². The molecule has 0 unspecified atom stereocenters. The highest BCUT2D eigenvalue weighted by atomic mass is 32.1. The Morgan fingerprint density at radius 1 is 1.29 bits per heavy atom. The standard InChI is InChI=1S/C20H22N4O3S/c1-2-27-20(26)24-10-8-23(9-11-24)12-16-21-18(25)17-15(13-28-19(17)22-16)14-6-4-3-5-7-14/h3-7,13H,2,8-12H2,1H3,(H,21,22,25)/p+1. The topological polar surface area (TPSA) is 79.7 Å². The van der Waals surface area contributed by atoms with Gasteiger partial charge in [-0.1, -0.05) is 30.3 Å². The number of fused-ring (bicyclic) bond motifs is 1. The van der Waals surface area contributed by atoms with Crippen molar-refractivity contribution in [3.8, 4) is 11.1 Å². The van der Waals surface area contributed by atoms with Crippen LogP contribution in [-0.2, 0) is 11.3 Å². The number of benzene rings is 1. The van der Waals surface area contributed by atoms with Crippen LogP contribution in [0.15, 0.2) is 40.5 Å². The molecule has 7 nitrogen and oxygen atoms in total. The number of quaternary nitrogens is 1. The van der Waals surface area contributed by atoms with E-state index in [0.29, 0.717) is 37.5 Å². The van der Waals surface area contributed by atoms with Crippen LogP contribution in [0.25, 0.3) is 21.3 Å². The summed E-state index contributed by atoms with van der Waals surface area (Å²) < 4.78 is 5.06. The molecule has 0 aliphatic carbocycles. The van der Waals surface area contributed by atoms with Crippen molar-refractivity contribution >= 4 is 27.6 Å². The number of hydrogen-bond donors (Lipinski definition) is 2. The van der Waals surface area contributed by atoms with Crippen molar-refractivity contribution in [3.63, 3.8) is 0 Å². The molecule has 2 aromatic heterocycles. The molecule has 0 radical (unpaired) electrons. The van der Waals surface area contributed by atoms with E-state index in [0.717, 1.165) is 29.0 Å². The van der Waals surface area contributed by atoms with E-state index in [9.17, 15) is 9.59 Å².